The third-order valence-corrected chi connectivity index (χ3v) is 3.47. The minimum Gasteiger partial charge on any atom is -0.358 e. The van der Waals surface area contributed by atoms with E-state index in [0.29, 0.717) is 17.5 Å². The van der Waals surface area contributed by atoms with Crippen LogP contribution in [0.3, 0.4) is 0 Å². The van der Waals surface area contributed by atoms with Crippen LogP contribution in [0, 0.1) is 5.92 Å². The molecule has 0 radical (unpaired) electrons. The Hall–Kier alpha value is -1.59. The quantitative estimate of drug-likeness (QED) is 0.804. The summed E-state index contributed by atoms with van der Waals surface area (Å²) in [5, 5.41) is 6.10. The number of hydrogen-bond acceptors (Lipinski definition) is 3. The van der Waals surface area contributed by atoms with Crippen LogP contribution in [0.4, 0.5) is 0 Å². The predicted molar refractivity (Wildman–Crippen MR) is 88.7 cm³/mol. The van der Waals surface area contributed by atoms with Crippen molar-refractivity contribution in [3.05, 3.63) is 34.9 Å². The van der Waals surface area contributed by atoms with Gasteiger partial charge in [0, 0.05) is 18.6 Å². The minimum atomic E-state index is -0.535. The normalized spacial score (nSPS) is 12.3. The molecule has 122 valence electrons. The summed E-state index contributed by atoms with van der Waals surface area (Å²) in [7, 11) is 3.33. The van der Waals surface area contributed by atoms with Gasteiger partial charge in [-0.05, 0) is 30.7 Å². The summed E-state index contributed by atoms with van der Waals surface area (Å²) >= 11 is 5.89. The fraction of sp³-hybridized carbons (Fsp3) is 0.500. The Balaban J connectivity index is 2.81. The summed E-state index contributed by atoms with van der Waals surface area (Å²) < 4.78 is 0. The fourth-order valence-corrected chi connectivity index (χ4v) is 2.21. The fourth-order valence-electron chi connectivity index (χ4n) is 2.08. The average molecular weight is 326 g/mol. The lowest BCUT2D eigenvalue weighted by Gasteiger charge is -2.26. The maximum atomic E-state index is 12.2. The number of rotatable bonds is 7. The number of nitrogens with zero attached hydrogens (tertiary/aromatic N) is 1. The highest BCUT2D eigenvalue weighted by Crippen LogP contribution is 2.21. The molecule has 5 nitrogen and oxygen atoms in total. The van der Waals surface area contributed by atoms with Gasteiger partial charge in [-0.25, -0.2) is 0 Å². The van der Waals surface area contributed by atoms with E-state index in [1.807, 2.05) is 13.8 Å². The molecule has 0 spiro atoms. The highest BCUT2D eigenvalue weighted by Gasteiger charge is 2.25. The monoisotopic (exact) mass is 325 g/mol. The number of benzene rings is 1. The van der Waals surface area contributed by atoms with E-state index in [-0.39, 0.29) is 18.4 Å². The number of hydrogen-bond donors (Lipinski definition) is 2. The molecule has 1 aromatic rings. The molecule has 0 fully saturated rings. The van der Waals surface area contributed by atoms with Crippen LogP contribution in [0.25, 0.3) is 0 Å². The largest absolute Gasteiger partial charge is 0.358 e. The van der Waals surface area contributed by atoms with Crippen LogP contribution in [-0.2, 0) is 9.59 Å². The van der Waals surface area contributed by atoms with Gasteiger partial charge in [-0.2, -0.15) is 0 Å². The first-order chi connectivity index (χ1) is 10.3. The first-order valence-corrected chi connectivity index (χ1v) is 7.67. The van der Waals surface area contributed by atoms with Crippen LogP contribution in [-0.4, -0.2) is 43.9 Å². The van der Waals surface area contributed by atoms with Crippen LogP contribution in [0.2, 0.25) is 5.02 Å². The Kier molecular flexibility index (Phi) is 7.35. The molecule has 0 heterocycles. The topological polar surface area (TPSA) is 61.4 Å². The van der Waals surface area contributed by atoms with Crippen molar-refractivity contribution in [2.75, 3.05) is 27.2 Å². The number of likely N-dealkylation sites (N-methyl/N-ethyl adjacent to an activating group) is 2. The van der Waals surface area contributed by atoms with Crippen LogP contribution >= 0.6 is 11.6 Å². The van der Waals surface area contributed by atoms with E-state index in [9.17, 15) is 9.59 Å². The molecule has 0 bridgehead atoms. The van der Waals surface area contributed by atoms with E-state index in [0.717, 1.165) is 5.56 Å². The van der Waals surface area contributed by atoms with E-state index in [1.165, 1.54) is 0 Å². The van der Waals surface area contributed by atoms with Crippen molar-refractivity contribution in [2.45, 2.75) is 19.9 Å². The van der Waals surface area contributed by atoms with E-state index in [2.05, 4.69) is 10.6 Å². The first-order valence-electron chi connectivity index (χ1n) is 7.29. The third-order valence-electron chi connectivity index (χ3n) is 3.22. The van der Waals surface area contributed by atoms with Crippen LogP contribution in [0.15, 0.2) is 24.3 Å². The van der Waals surface area contributed by atoms with Gasteiger partial charge < -0.3 is 10.6 Å². The molecule has 2 N–H and O–H groups in total. The Bertz CT molecular complexity index is 503. The maximum absolute atomic E-state index is 12.2. The summed E-state index contributed by atoms with van der Waals surface area (Å²) in [4.78, 5) is 25.8. The van der Waals surface area contributed by atoms with Gasteiger partial charge in [0.05, 0.1) is 6.54 Å². The van der Waals surface area contributed by atoms with Gasteiger partial charge in [-0.3, -0.25) is 14.5 Å². The minimum absolute atomic E-state index is 0.0981. The lowest BCUT2D eigenvalue weighted by atomic mass is 10.0. The second-order valence-electron chi connectivity index (χ2n) is 5.68. The summed E-state index contributed by atoms with van der Waals surface area (Å²) in [6.45, 7) is 4.84. The molecule has 6 heteroatoms. The first kappa shape index (κ1) is 18.5. The molecule has 1 atom stereocenters. The van der Waals surface area contributed by atoms with E-state index in [4.69, 9.17) is 11.6 Å². The standard InChI is InChI=1S/C16H24ClN3O2/c1-11(2)9-19-14(21)10-20(4)15(16(22)18-3)12-5-7-13(17)8-6-12/h5-8,11,15H,9-10H2,1-4H3,(H,18,22)(H,19,21). The third kappa shape index (κ3) is 5.66. The smallest absolute Gasteiger partial charge is 0.241 e. The number of carbonyl (C=O) groups is 2. The molecule has 1 aromatic carbocycles. The van der Waals surface area contributed by atoms with E-state index in [1.54, 1.807) is 43.3 Å². The average Bonchev–Trinajstić information content (AvgIpc) is 2.47. The Morgan fingerprint density at radius 1 is 1.23 bits per heavy atom. The van der Waals surface area contributed by atoms with Gasteiger partial charge in [-0.15, -0.1) is 0 Å². The zero-order valence-electron chi connectivity index (χ0n) is 13.5. The highest BCUT2D eigenvalue weighted by molar-refractivity contribution is 6.30. The van der Waals surface area contributed by atoms with Gasteiger partial charge in [0.2, 0.25) is 11.8 Å². The van der Waals surface area contributed by atoms with Crippen molar-refractivity contribution >= 4 is 23.4 Å². The summed E-state index contributed by atoms with van der Waals surface area (Å²) in [5.41, 5.74) is 0.794. The second kappa shape index (κ2) is 8.76. The summed E-state index contributed by atoms with van der Waals surface area (Å²) in [6.07, 6.45) is 0. The number of halogens is 1. The molecule has 0 aliphatic rings. The van der Waals surface area contributed by atoms with Crippen molar-refractivity contribution in [2.24, 2.45) is 5.92 Å². The number of nitrogens with one attached hydrogen (secondary N) is 2. The van der Waals surface area contributed by atoms with Crippen molar-refractivity contribution in [3.8, 4) is 0 Å². The van der Waals surface area contributed by atoms with E-state index >= 15 is 0 Å². The molecule has 22 heavy (non-hydrogen) atoms. The van der Waals surface area contributed by atoms with Gasteiger partial charge in [-0.1, -0.05) is 37.6 Å². The zero-order chi connectivity index (χ0) is 16.7. The second-order valence-corrected chi connectivity index (χ2v) is 6.12. The van der Waals surface area contributed by atoms with Crippen molar-refractivity contribution in [3.63, 3.8) is 0 Å². The molecular formula is C16H24ClN3O2. The highest BCUT2D eigenvalue weighted by atomic mass is 35.5. The zero-order valence-corrected chi connectivity index (χ0v) is 14.3. The van der Waals surface area contributed by atoms with Crippen LogP contribution in [0.1, 0.15) is 25.5 Å². The molecule has 0 saturated carbocycles. The predicted octanol–water partition coefficient (Wildman–Crippen LogP) is 1.83. The van der Waals surface area contributed by atoms with Gasteiger partial charge in [0.1, 0.15) is 6.04 Å². The molecule has 2 amide bonds. The molecule has 0 saturated heterocycles. The van der Waals surface area contributed by atoms with Crippen molar-refractivity contribution in [1.29, 1.82) is 0 Å². The molecule has 0 aromatic heterocycles. The molecule has 0 aliphatic heterocycles. The summed E-state index contributed by atoms with van der Waals surface area (Å²) in [5.74, 6) is 0.126. The Labute approximate surface area is 137 Å². The van der Waals surface area contributed by atoms with Gasteiger partial charge >= 0.3 is 0 Å². The van der Waals surface area contributed by atoms with E-state index < -0.39 is 6.04 Å². The summed E-state index contributed by atoms with van der Waals surface area (Å²) in [6, 6.07) is 6.53. The molecule has 0 aliphatic carbocycles. The van der Waals surface area contributed by atoms with Crippen LogP contribution in [0.5, 0.6) is 0 Å². The SMILES string of the molecule is CNC(=O)C(c1ccc(Cl)cc1)N(C)CC(=O)NCC(C)C. The van der Waals surface area contributed by atoms with Gasteiger partial charge in [0.25, 0.3) is 0 Å². The maximum Gasteiger partial charge on any atom is 0.241 e. The Morgan fingerprint density at radius 2 is 1.82 bits per heavy atom. The van der Waals surface area contributed by atoms with Crippen molar-refractivity contribution < 1.29 is 9.59 Å². The molecule has 1 rings (SSSR count). The Morgan fingerprint density at radius 3 is 2.32 bits per heavy atom. The van der Waals surface area contributed by atoms with Gasteiger partial charge in [0.15, 0.2) is 0 Å². The molecule has 1 unspecified atom stereocenters. The lowest BCUT2D eigenvalue weighted by Crippen LogP contribution is -2.43. The number of amides is 2. The molecular weight excluding hydrogens is 302 g/mol. The number of carbonyl (C=O) groups excluding carboxylic acids is 2. The van der Waals surface area contributed by atoms with Crippen LogP contribution < -0.4 is 10.6 Å². The van der Waals surface area contributed by atoms with Crippen molar-refractivity contribution in [1.82, 2.24) is 15.5 Å². The lowest BCUT2D eigenvalue weighted by molar-refractivity contribution is -0.128.